The topological polar surface area (TPSA) is 63.7 Å². The highest BCUT2D eigenvalue weighted by atomic mass is 32.1. The maximum Gasteiger partial charge on any atom is 0.222 e. The van der Waals surface area contributed by atoms with Crippen LogP contribution in [0, 0.1) is 12.8 Å². The number of aromatic nitrogens is 1. The van der Waals surface area contributed by atoms with Gasteiger partial charge in [-0.25, -0.2) is 4.98 Å². The summed E-state index contributed by atoms with van der Waals surface area (Å²) >= 11 is 1.70. The Labute approximate surface area is 141 Å². The molecule has 1 N–H and O–H groups in total. The molecule has 2 aliphatic heterocycles. The Balaban J connectivity index is 1.40. The van der Waals surface area contributed by atoms with Gasteiger partial charge in [-0.2, -0.15) is 0 Å². The van der Waals surface area contributed by atoms with Gasteiger partial charge in [0.05, 0.1) is 35.9 Å². The maximum atomic E-state index is 11.8. The Kier molecular flexibility index (Phi) is 5.63. The molecule has 0 bridgehead atoms. The average Bonchev–Trinajstić information content (AvgIpc) is 3.15. The van der Waals surface area contributed by atoms with Gasteiger partial charge in [0.15, 0.2) is 0 Å². The van der Waals surface area contributed by atoms with Crippen LogP contribution >= 0.6 is 11.3 Å². The highest BCUT2D eigenvalue weighted by molar-refractivity contribution is 7.09. The number of likely N-dealkylation sites (tertiary alicyclic amines) is 1. The average molecular weight is 339 g/mol. The van der Waals surface area contributed by atoms with Crippen LogP contribution in [0.15, 0.2) is 5.38 Å². The van der Waals surface area contributed by atoms with Crippen LogP contribution in [0.4, 0.5) is 0 Å². The second-order valence-electron chi connectivity index (χ2n) is 6.39. The molecule has 0 unspecified atom stereocenters. The van der Waals surface area contributed by atoms with Gasteiger partial charge in [0.1, 0.15) is 0 Å². The van der Waals surface area contributed by atoms with E-state index in [1.54, 1.807) is 18.4 Å². The third kappa shape index (κ3) is 4.50. The number of rotatable bonds is 7. The fraction of sp³-hybridized carbons (Fsp3) is 0.750. The minimum Gasteiger partial charge on any atom is -0.383 e. The van der Waals surface area contributed by atoms with Crippen LogP contribution in [-0.2, 0) is 20.8 Å². The molecular weight excluding hydrogens is 314 g/mol. The monoisotopic (exact) mass is 339 g/mol. The Bertz CT molecular complexity index is 522. The standard InChI is InChI=1S/C16H25N3O3S/c1-11-18-13(10-23-11)8-19-7-12-5-14(22-15(12)9-19)6-16(20)17-3-4-21-2/h10,12,14-15H,3-9H2,1-2H3,(H,17,20)/t12-,14+,15+/m0/s1. The quantitative estimate of drug-likeness (QED) is 0.756. The first-order valence-corrected chi connectivity index (χ1v) is 9.06. The Morgan fingerprint density at radius 2 is 2.43 bits per heavy atom. The first-order chi connectivity index (χ1) is 11.1. The van der Waals surface area contributed by atoms with Gasteiger partial charge in [-0.05, 0) is 13.3 Å². The van der Waals surface area contributed by atoms with Crippen molar-refractivity contribution in [3.05, 3.63) is 16.1 Å². The number of thiazole rings is 1. The summed E-state index contributed by atoms with van der Waals surface area (Å²) in [5.41, 5.74) is 1.15. The van der Waals surface area contributed by atoms with Crippen LogP contribution in [0.25, 0.3) is 0 Å². The van der Waals surface area contributed by atoms with E-state index in [0.29, 0.717) is 25.5 Å². The summed E-state index contributed by atoms with van der Waals surface area (Å²) in [5, 5.41) is 6.12. The molecule has 3 heterocycles. The van der Waals surface area contributed by atoms with E-state index in [9.17, 15) is 4.79 Å². The molecule has 1 amide bonds. The second kappa shape index (κ2) is 7.70. The van der Waals surface area contributed by atoms with Gasteiger partial charge in [-0.1, -0.05) is 0 Å². The first kappa shape index (κ1) is 16.8. The van der Waals surface area contributed by atoms with Gasteiger partial charge in [-0.3, -0.25) is 9.69 Å². The van der Waals surface area contributed by atoms with Crippen molar-refractivity contribution in [2.75, 3.05) is 33.4 Å². The Morgan fingerprint density at radius 3 is 3.13 bits per heavy atom. The van der Waals surface area contributed by atoms with Crippen molar-refractivity contribution in [2.45, 2.75) is 38.5 Å². The van der Waals surface area contributed by atoms with Crippen LogP contribution in [0.5, 0.6) is 0 Å². The number of fused-ring (bicyclic) bond motifs is 1. The lowest BCUT2D eigenvalue weighted by Gasteiger charge is -2.18. The van der Waals surface area contributed by atoms with Gasteiger partial charge >= 0.3 is 0 Å². The third-order valence-corrected chi connectivity index (χ3v) is 5.31. The summed E-state index contributed by atoms with van der Waals surface area (Å²) in [7, 11) is 1.63. The van der Waals surface area contributed by atoms with Gasteiger partial charge < -0.3 is 14.8 Å². The number of carbonyl (C=O) groups excluding carboxylic acids is 1. The van der Waals surface area contributed by atoms with E-state index in [2.05, 4.69) is 20.6 Å². The van der Waals surface area contributed by atoms with Gasteiger partial charge in [0.25, 0.3) is 0 Å². The van der Waals surface area contributed by atoms with Crippen molar-refractivity contribution in [1.82, 2.24) is 15.2 Å². The zero-order valence-corrected chi connectivity index (χ0v) is 14.6. The molecular formula is C16H25N3O3S. The van der Waals surface area contributed by atoms with E-state index in [0.717, 1.165) is 36.8 Å². The molecule has 23 heavy (non-hydrogen) atoms. The van der Waals surface area contributed by atoms with Crippen molar-refractivity contribution in [3.8, 4) is 0 Å². The predicted molar refractivity (Wildman–Crippen MR) is 88.4 cm³/mol. The van der Waals surface area contributed by atoms with Crippen molar-refractivity contribution in [1.29, 1.82) is 0 Å². The molecule has 2 saturated heterocycles. The van der Waals surface area contributed by atoms with Crippen LogP contribution in [0.3, 0.4) is 0 Å². The van der Waals surface area contributed by atoms with E-state index < -0.39 is 0 Å². The van der Waals surface area contributed by atoms with E-state index in [1.807, 2.05) is 6.92 Å². The number of nitrogens with one attached hydrogen (secondary N) is 1. The number of ether oxygens (including phenoxy) is 2. The van der Waals surface area contributed by atoms with Gasteiger partial charge in [0, 0.05) is 44.6 Å². The summed E-state index contributed by atoms with van der Waals surface area (Å²) in [5.74, 6) is 0.605. The fourth-order valence-electron chi connectivity index (χ4n) is 3.49. The van der Waals surface area contributed by atoms with Crippen molar-refractivity contribution in [2.24, 2.45) is 5.92 Å². The van der Waals surface area contributed by atoms with E-state index in [1.165, 1.54) is 0 Å². The molecule has 6 nitrogen and oxygen atoms in total. The fourth-order valence-corrected chi connectivity index (χ4v) is 4.09. The molecule has 7 heteroatoms. The second-order valence-corrected chi connectivity index (χ2v) is 7.45. The number of carbonyl (C=O) groups is 1. The van der Waals surface area contributed by atoms with Crippen molar-refractivity contribution < 1.29 is 14.3 Å². The van der Waals surface area contributed by atoms with Crippen LogP contribution in [0.1, 0.15) is 23.5 Å². The zero-order chi connectivity index (χ0) is 16.2. The molecule has 0 aromatic carbocycles. The molecule has 1 aromatic rings. The molecule has 0 radical (unpaired) electrons. The Morgan fingerprint density at radius 1 is 1.57 bits per heavy atom. The van der Waals surface area contributed by atoms with E-state index >= 15 is 0 Å². The first-order valence-electron chi connectivity index (χ1n) is 8.18. The highest BCUT2D eigenvalue weighted by Crippen LogP contribution is 2.34. The maximum absolute atomic E-state index is 11.8. The Hall–Kier alpha value is -1.02. The lowest BCUT2D eigenvalue weighted by molar-refractivity contribution is -0.124. The minimum atomic E-state index is 0.0572. The number of nitrogens with zero attached hydrogens (tertiary/aromatic N) is 2. The van der Waals surface area contributed by atoms with Crippen molar-refractivity contribution >= 4 is 17.2 Å². The normalized spacial score (nSPS) is 27.3. The number of aryl methyl sites for hydroxylation is 1. The van der Waals surface area contributed by atoms with E-state index in [-0.39, 0.29) is 18.1 Å². The van der Waals surface area contributed by atoms with Crippen LogP contribution in [-0.4, -0.2) is 61.3 Å². The van der Waals surface area contributed by atoms with Crippen LogP contribution < -0.4 is 5.32 Å². The smallest absolute Gasteiger partial charge is 0.222 e. The lowest BCUT2D eigenvalue weighted by atomic mass is 10.0. The molecule has 3 atom stereocenters. The van der Waals surface area contributed by atoms with Gasteiger partial charge in [0.2, 0.25) is 5.91 Å². The minimum absolute atomic E-state index is 0.0572. The summed E-state index contributed by atoms with van der Waals surface area (Å²) < 4.78 is 11.0. The summed E-state index contributed by atoms with van der Waals surface area (Å²) in [6, 6.07) is 0. The largest absolute Gasteiger partial charge is 0.383 e. The summed E-state index contributed by atoms with van der Waals surface area (Å²) in [4.78, 5) is 18.8. The molecule has 3 rings (SSSR count). The molecule has 0 aliphatic carbocycles. The number of hydrogen-bond acceptors (Lipinski definition) is 6. The van der Waals surface area contributed by atoms with E-state index in [4.69, 9.17) is 9.47 Å². The third-order valence-electron chi connectivity index (χ3n) is 4.48. The number of amides is 1. The number of methoxy groups -OCH3 is 1. The highest BCUT2D eigenvalue weighted by Gasteiger charge is 2.42. The van der Waals surface area contributed by atoms with Gasteiger partial charge in [-0.15, -0.1) is 11.3 Å². The zero-order valence-electron chi connectivity index (χ0n) is 13.8. The predicted octanol–water partition coefficient (Wildman–Crippen LogP) is 1.19. The molecule has 2 fully saturated rings. The van der Waals surface area contributed by atoms with Crippen molar-refractivity contribution in [3.63, 3.8) is 0 Å². The van der Waals surface area contributed by atoms with Crippen LogP contribution in [0.2, 0.25) is 0 Å². The molecule has 1 aromatic heterocycles. The summed E-state index contributed by atoms with van der Waals surface area (Å²) in [6.45, 7) is 6.05. The molecule has 128 valence electrons. The molecule has 0 saturated carbocycles. The molecule has 2 aliphatic rings. The summed E-state index contributed by atoms with van der Waals surface area (Å²) in [6.07, 6.45) is 1.78. The number of hydrogen-bond donors (Lipinski definition) is 1. The lowest BCUT2D eigenvalue weighted by Crippen LogP contribution is -2.31. The SMILES string of the molecule is COCCNC(=O)C[C@H]1C[C@H]2CN(Cc3csc(C)n3)C[C@H]2O1. The molecule has 0 spiro atoms.